The van der Waals surface area contributed by atoms with E-state index in [-0.39, 0.29) is 11.4 Å². The van der Waals surface area contributed by atoms with Gasteiger partial charge in [0.05, 0.1) is 16.5 Å². The van der Waals surface area contributed by atoms with Gasteiger partial charge in [0.2, 0.25) is 5.75 Å². The van der Waals surface area contributed by atoms with Crippen LogP contribution >= 0.6 is 15.9 Å². The predicted molar refractivity (Wildman–Crippen MR) is 76.6 cm³/mol. The Morgan fingerprint density at radius 3 is 2.47 bits per heavy atom. The Hall–Kier alpha value is -1.88. The fraction of sp³-hybridized carbons (Fsp3) is 0.143. The van der Waals surface area contributed by atoms with Crippen molar-refractivity contribution in [2.45, 2.75) is 6.42 Å². The molecular weight excluding hydrogens is 310 g/mol. The number of rotatable bonds is 4. The molecule has 0 saturated heterocycles. The van der Waals surface area contributed by atoms with E-state index in [1.165, 1.54) is 7.11 Å². The van der Waals surface area contributed by atoms with Crippen molar-refractivity contribution < 1.29 is 9.66 Å². The number of benzene rings is 2. The van der Waals surface area contributed by atoms with Gasteiger partial charge in [-0.2, -0.15) is 0 Å². The molecule has 0 unspecified atom stereocenters. The van der Waals surface area contributed by atoms with Crippen LogP contribution in [0.15, 0.2) is 46.9 Å². The van der Waals surface area contributed by atoms with Crippen LogP contribution in [-0.2, 0) is 6.42 Å². The van der Waals surface area contributed by atoms with E-state index in [4.69, 9.17) is 4.74 Å². The van der Waals surface area contributed by atoms with Gasteiger partial charge in [-0.3, -0.25) is 10.1 Å². The number of nitro groups is 1. The number of hydrogen-bond acceptors (Lipinski definition) is 3. The molecule has 2 rings (SSSR count). The predicted octanol–water partition coefficient (Wildman–Crippen LogP) is 3.96. The Morgan fingerprint density at radius 1 is 1.21 bits per heavy atom. The molecule has 0 aliphatic carbocycles. The maximum absolute atomic E-state index is 11.0. The van der Waals surface area contributed by atoms with Gasteiger partial charge in [-0.05, 0) is 39.5 Å². The lowest BCUT2D eigenvalue weighted by molar-refractivity contribution is -0.385. The Labute approximate surface area is 119 Å². The van der Waals surface area contributed by atoms with Crippen LogP contribution in [0.2, 0.25) is 0 Å². The van der Waals surface area contributed by atoms with Crippen molar-refractivity contribution in [3.63, 3.8) is 0 Å². The summed E-state index contributed by atoms with van der Waals surface area (Å²) in [6.07, 6.45) is 0.643. The maximum atomic E-state index is 11.0. The Kier molecular flexibility index (Phi) is 4.16. The molecule has 0 amide bonds. The van der Waals surface area contributed by atoms with Crippen LogP contribution in [0.4, 0.5) is 5.69 Å². The van der Waals surface area contributed by atoms with Crippen LogP contribution in [0.5, 0.6) is 5.75 Å². The molecule has 2 aromatic rings. The molecule has 0 heterocycles. The van der Waals surface area contributed by atoms with E-state index in [2.05, 4.69) is 15.9 Å². The van der Waals surface area contributed by atoms with Gasteiger partial charge >= 0.3 is 5.69 Å². The summed E-state index contributed by atoms with van der Waals surface area (Å²) in [5.74, 6) is 0.252. The van der Waals surface area contributed by atoms with E-state index in [1.807, 2.05) is 36.4 Å². The number of methoxy groups -OCH3 is 1. The third-order valence-electron chi connectivity index (χ3n) is 2.74. The van der Waals surface area contributed by atoms with Gasteiger partial charge in [-0.25, -0.2) is 0 Å². The van der Waals surface area contributed by atoms with Gasteiger partial charge in [-0.1, -0.05) is 30.3 Å². The van der Waals surface area contributed by atoms with E-state index in [0.717, 1.165) is 11.1 Å². The molecule has 5 heteroatoms. The van der Waals surface area contributed by atoms with Crippen molar-refractivity contribution in [2.75, 3.05) is 7.11 Å². The SMILES string of the molecule is COc1c(Br)cc(Cc2ccccc2)cc1[N+](=O)[O-]. The van der Waals surface area contributed by atoms with E-state index < -0.39 is 4.92 Å². The van der Waals surface area contributed by atoms with E-state index in [1.54, 1.807) is 6.07 Å². The second-order valence-corrected chi connectivity index (χ2v) is 4.90. The maximum Gasteiger partial charge on any atom is 0.312 e. The van der Waals surface area contributed by atoms with E-state index in [9.17, 15) is 10.1 Å². The first-order chi connectivity index (χ1) is 9.11. The summed E-state index contributed by atoms with van der Waals surface area (Å²) in [5, 5.41) is 11.0. The minimum absolute atomic E-state index is 0.0252. The summed E-state index contributed by atoms with van der Waals surface area (Å²) in [6, 6.07) is 13.2. The van der Waals surface area contributed by atoms with Crippen LogP contribution < -0.4 is 4.74 Å². The van der Waals surface area contributed by atoms with Crippen LogP contribution in [0, 0.1) is 10.1 Å². The van der Waals surface area contributed by atoms with Gasteiger partial charge in [-0.15, -0.1) is 0 Å². The van der Waals surface area contributed by atoms with E-state index >= 15 is 0 Å². The quantitative estimate of drug-likeness (QED) is 0.632. The number of nitrogens with zero attached hydrogens (tertiary/aromatic N) is 1. The highest BCUT2D eigenvalue weighted by Gasteiger charge is 2.19. The Balaban J connectivity index is 2.40. The zero-order chi connectivity index (χ0) is 13.8. The van der Waals surface area contributed by atoms with Gasteiger partial charge in [0.1, 0.15) is 0 Å². The summed E-state index contributed by atoms with van der Waals surface area (Å²) in [7, 11) is 1.42. The molecule has 0 fully saturated rings. The summed E-state index contributed by atoms with van der Waals surface area (Å²) in [5.41, 5.74) is 1.95. The van der Waals surface area contributed by atoms with Gasteiger partial charge in [0.15, 0.2) is 0 Å². The molecule has 0 N–H and O–H groups in total. The second-order valence-electron chi connectivity index (χ2n) is 4.05. The summed E-state index contributed by atoms with van der Waals surface area (Å²) in [4.78, 5) is 10.6. The highest BCUT2D eigenvalue weighted by Crippen LogP contribution is 2.36. The van der Waals surface area contributed by atoms with Crippen LogP contribution in [0.25, 0.3) is 0 Å². The molecule has 98 valence electrons. The van der Waals surface area contributed by atoms with Crippen molar-refractivity contribution >= 4 is 21.6 Å². The van der Waals surface area contributed by atoms with Gasteiger partial charge in [0, 0.05) is 6.07 Å². The first kappa shape index (κ1) is 13.5. The third-order valence-corrected chi connectivity index (χ3v) is 3.32. The fourth-order valence-electron chi connectivity index (χ4n) is 1.90. The van der Waals surface area contributed by atoms with Crippen LogP contribution in [-0.4, -0.2) is 12.0 Å². The number of nitro benzene ring substituents is 1. The Bertz CT molecular complexity index is 599. The van der Waals surface area contributed by atoms with Gasteiger partial charge < -0.3 is 4.74 Å². The molecular formula is C14H12BrNO3. The summed E-state index contributed by atoms with van der Waals surface area (Å²) >= 11 is 3.31. The first-order valence-electron chi connectivity index (χ1n) is 5.66. The minimum Gasteiger partial charge on any atom is -0.489 e. The highest BCUT2D eigenvalue weighted by molar-refractivity contribution is 9.10. The topological polar surface area (TPSA) is 52.4 Å². The standard InChI is InChI=1S/C14H12BrNO3/c1-19-14-12(15)8-11(9-13(14)16(17)18)7-10-5-3-2-4-6-10/h2-6,8-9H,7H2,1H3. The minimum atomic E-state index is -0.432. The normalized spacial score (nSPS) is 10.2. The molecule has 19 heavy (non-hydrogen) atoms. The summed E-state index contributed by atoms with van der Waals surface area (Å²) in [6.45, 7) is 0. The smallest absolute Gasteiger partial charge is 0.312 e. The van der Waals surface area contributed by atoms with Crippen LogP contribution in [0.1, 0.15) is 11.1 Å². The zero-order valence-corrected chi connectivity index (χ0v) is 11.9. The largest absolute Gasteiger partial charge is 0.489 e. The Morgan fingerprint density at radius 2 is 1.89 bits per heavy atom. The number of hydrogen-bond donors (Lipinski definition) is 0. The van der Waals surface area contributed by atoms with Crippen LogP contribution in [0.3, 0.4) is 0 Å². The first-order valence-corrected chi connectivity index (χ1v) is 6.46. The fourth-order valence-corrected chi connectivity index (χ4v) is 2.56. The average Bonchev–Trinajstić information content (AvgIpc) is 2.39. The van der Waals surface area contributed by atoms with Crippen molar-refractivity contribution in [3.05, 3.63) is 68.2 Å². The second kappa shape index (κ2) is 5.84. The molecule has 0 saturated carbocycles. The molecule has 0 atom stereocenters. The number of ether oxygens (including phenoxy) is 1. The lowest BCUT2D eigenvalue weighted by Gasteiger charge is -2.08. The molecule has 0 radical (unpaired) electrons. The molecule has 0 aliphatic rings. The highest BCUT2D eigenvalue weighted by atomic mass is 79.9. The van der Waals surface area contributed by atoms with Crippen molar-refractivity contribution in [1.82, 2.24) is 0 Å². The molecule has 0 bridgehead atoms. The zero-order valence-electron chi connectivity index (χ0n) is 10.3. The lowest BCUT2D eigenvalue weighted by atomic mass is 10.0. The summed E-state index contributed by atoms with van der Waals surface area (Å²) < 4.78 is 5.65. The van der Waals surface area contributed by atoms with Crippen molar-refractivity contribution in [2.24, 2.45) is 0 Å². The molecule has 0 aliphatic heterocycles. The molecule has 0 spiro atoms. The van der Waals surface area contributed by atoms with E-state index in [0.29, 0.717) is 10.9 Å². The van der Waals surface area contributed by atoms with Gasteiger partial charge in [0.25, 0.3) is 0 Å². The molecule has 4 nitrogen and oxygen atoms in total. The molecule has 2 aromatic carbocycles. The lowest BCUT2D eigenvalue weighted by Crippen LogP contribution is -1.97. The average molecular weight is 322 g/mol. The number of halogens is 1. The van der Waals surface area contributed by atoms with Crippen molar-refractivity contribution in [1.29, 1.82) is 0 Å². The third kappa shape index (κ3) is 3.12. The molecule has 0 aromatic heterocycles. The monoisotopic (exact) mass is 321 g/mol. The van der Waals surface area contributed by atoms with Crippen molar-refractivity contribution in [3.8, 4) is 5.75 Å².